The molecule has 1 fully saturated rings. The van der Waals surface area contributed by atoms with E-state index >= 15 is 0 Å². The van der Waals surface area contributed by atoms with Crippen molar-refractivity contribution in [3.63, 3.8) is 0 Å². The maximum Gasteiger partial charge on any atom is 0.191 e. The lowest BCUT2D eigenvalue weighted by Gasteiger charge is -2.40. The fraction of sp³-hybridized carbons (Fsp3) is 0.917. The Morgan fingerprint density at radius 1 is 1.53 bits per heavy atom. The monoisotopic (exact) mass is 209 g/mol. The molecule has 0 aromatic heterocycles. The minimum absolute atomic E-state index is 0.272. The first-order valence-electron chi connectivity index (χ1n) is 6.17. The van der Waals surface area contributed by atoms with Gasteiger partial charge in [0.15, 0.2) is 5.96 Å². The van der Waals surface area contributed by atoms with Gasteiger partial charge < -0.3 is 10.6 Å². The van der Waals surface area contributed by atoms with Crippen LogP contribution >= 0.6 is 0 Å². The fourth-order valence-corrected chi connectivity index (χ4v) is 2.82. The van der Waals surface area contributed by atoms with Crippen LogP contribution in [0.4, 0.5) is 0 Å². The molecule has 0 amide bonds. The van der Waals surface area contributed by atoms with Crippen molar-refractivity contribution in [2.75, 3.05) is 13.1 Å². The molecule has 2 rings (SSSR count). The number of nitrogens with zero attached hydrogens (tertiary/aromatic N) is 2. The third kappa shape index (κ3) is 1.72. The molecule has 0 aromatic rings. The van der Waals surface area contributed by atoms with Gasteiger partial charge in [0, 0.05) is 6.54 Å². The van der Waals surface area contributed by atoms with Gasteiger partial charge in [-0.1, -0.05) is 20.8 Å². The van der Waals surface area contributed by atoms with E-state index in [0.29, 0.717) is 5.92 Å². The van der Waals surface area contributed by atoms with Crippen molar-refractivity contribution in [3.05, 3.63) is 0 Å². The molecule has 2 aliphatic rings. The SMILES string of the molecule is CCC1(C2CC2)CN=C(N)N1CC(C)C. The summed E-state index contributed by atoms with van der Waals surface area (Å²) >= 11 is 0. The van der Waals surface area contributed by atoms with Crippen molar-refractivity contribution >= 4 is 5.96 Å². The molecule has 0 radical (unpaired) electrons. The molecule has 1 saturated carbocycles. The summed E-state index contributed by atoms with van der Waals surface area (Å²) in [7, 11) is 0. The maximum absolute atomic E-state index is 6.02. The van der Waals surface area contributed by atoms with Crippen LogP contribution in [0.1, 0.15) is 40.0 Å². The summed E-state index contributed by atoms with van der Waals surface area (Å²) in [4.78, 5) is 6.86. The van der Waals surface area contributed by atoms with Gasteiger partial charge in [0.2, 0.25) is 0 Å². The smallest absolute Gasteiger partial charge is 0.191 e. The molecule has 0 spiro atoms. The molecular weight excluding hydrogens is 186 g/mol. The van der Waals surface area contributed by atoms with Gasteiger partial charge in [0.1, 0.15) is 0 Å². The molecule has 15 heavy (non-hydrogen) atoms. The zero-order valence-corrected chi connectivity index (χ0v) is 10.2. The van der Waals surface area contributed by atoms with Gasteiger partial charge in [-0.15, -0.1) is 0 Å². The van der Waals surface area contributed by atoms with Crippen LogP contribution in [0.15, 0.2) is 4.99 Å². The van der Waals surface area contributed by atoms with Crippen LogP contribution in [0.3, 0.4) is 0 Å². The molecule has 0 aromatic carbocycles. The van der Waals surface area contributed by atoms with E-state index in [2.05, 4.69) is 30.7 Å². The van der Waals surface area contributed by atoms with E-state index in [4.69, 9.17) is 5.73 Å². The van der Waals surface area contributed by atoms with E-state index in [-0.39, 0.29) is 5.54 Å². The molecule has 1 aliphatic heterocycles. The predicted octanol–water partition coefficient (Wildman–Crippen LogP) is 1.83. The lowest BCUT2D eigenvalue weighted by molar-refractivity contribution is 0.149. The molecule has 0 bridgehead atoms. The third-order valence-corrected chi connectivity index (χ3v) is 3.83. The van der Waals surface area contributed by atoms with Crippen LogP contribution < -0.4 is 5.73 Å². The zero-order valence-electron chi connectivity index (χ0n) is 10.2. The van der Waals surface area contributed by atoms with E-state index in [1.54, 1.807) is 0 Å². The van der Waals surface area contributed by atoms with E-state index < -0.39 is 0 Å². The highest BCUT2D eigenvalue weighted by Crippen LogP contribution is 2.47. The molecular formula is C12H23N3. The van der Waals surface area contributed by atoms with Crippen LogP contribution in [0, 0.1) is 11.8 Å². The Hall–Kier alpha value is -0.730. The Bertz CT molecular complexity index is 268. The predicted molar refractivity (Wildman–Crippen MR) is 63.8 cm³/mol. The first-order chi connectivity index (χ1) is 7.10. The molecule has 0 saturated heterocycles. The summed E-state index contributed by atoms with van der Waals surface area (Å²) < 4.78 is 0. The van der Waals surface area contributed by atoms with E-state index in [1.165, 1.54) is 19.3 Å². The Kier molecular flexibility index (Phi) is 2.65. The molecule has 86 valence electrons. The van der Waals surface area contributed by atoms with Crippen molar-refractivity contribution in [3.8, 4) is 0 Å². The largest absolute Gasteiger partial charge is 0.370 e. The Morgan fingerprint density at radius 2 is 2.20 bits per heavy atom. The van der Waals surface area contributed by atoms with E-state index in [1.807, 2.05) is 0 Å². The highest BCUT2D eigenvalue weighted by atomic mass is 15.4. The van der Waals surface area contributed by atoms with Gasteiger partial charge in [-0.3, -0.25) is 4.99 Å². The summed E-state index contributed by atoms with van der Waals surface area (Å²) in [6, 6.07) is 0. The van der Waals surface area contributed by atoms with Crippen molar-refractivity contribution in [1.29, 1.82) is 0 Å². The van der Waals surface area contributed by atoms with Crippen LogP contribution in [-0.4, -0.2) is 29.5 Å². The Balaban J connectivity index is 2.17. The number of guanidine groups is 1. The zero-order chi connectivity index (χ0) is 11.1. The number of hydrogen-bond donors (Lipinski definition) is 1. The van der Waals surface area contributed by atoms with Gasteiger partial charge in [0.05, 0.1) is 12.1 Å². The van der Waals surface area contributed by atoms with Crippen molar-refractivity contribution in [1.82, 2.24) is 4.90 Å². The normalized spacial score (nSPS) is 31.2. The standard InChI is InChI=1S/C12H23N3/c1-4-12(10-5-6-10)8-14-11(13)15(12)7-9(2)3/h9-10H,4-8H2,1-3H3,(H2,13,14). The summed E-state index contributed by atoms with van der Waals surface area (Å²) in [5.41, 5.74) is 6.29. The van der Waals surface area contributed by atoms with E-state index in [0.717, 1.165) is 25.0 Å². The average Bonchev–Trinajstić information content (AvgIpc) is 2.97. The average molecular weight is 209 g/mol. The number of nitrogens with two attached hydrogens (primary N) is 1. The molecule has 1 atom stereocenters. The number of hydrogen-bond acceptors (Lipinski definition) is 3. The van der Waals surface area contributed by atoms with Crippen molar-refractivity contribution in [2.45, 2.75) is 45.6 Å². The lowest BCUT2D eigenvalue weighted by Crippen LogP contribution is -2.54. The third-order valence-electron chi connectivity index (χ3n) is 3.83. The van der Waals surface area contributed by atoms with Gasteiger partial charge >= 0.3 is 0 Å². The molecule has 1 heterocycles. The molecule has 3 heteroatoms. The highest BCUT2D eigenvalue weighted by Gasteiger charge is 2.51. The second-order valence-corrected chi connectivity index (χ2v) is 5.41. The van der Waals surface area contributed by atoms with Crippen LogP contribution in [0.25, 0.3) is 0 Å². The first kappa shape index (κ1) is 10.8. The van der Waals surface area contributed by atoms with Crippen LogP contribution in [0.5, 0.6) is 0 Å². The minimum atomic E-state index is 0.272. The number of rotatable bonds is 4. The highest BCUT2D eigenvalue weighted by molar-refractivity contribution is 5.81. The summed E-state index contributed by atoms with van der Waals surface area (Å²) in [6.45, 7) is 8.75. The second kappa shape index (κ2) is 3.69. The van der Waals surface area contributed by atoms with Gasteiger partial charge in [-0.05, 0) is 31.1 Å². The van der Waals surface area contributed by atoms with Crippen LogP contribution in [-0.2, 0) is 0 Å². The Morgan fingerprint density at radius 3 is 2.67 bits per heavy atom. The Labute approximate surface area is 92.7 Å². The summed E-state index contributed by atoms with van der Waals surface area (Å²) in [6.07, 6.45) is 3.91. The van der Waals surface area contributed by atoms with Gasteiger partial charge in [0.25, 0.3) is 0 Å². The summed E-state index contributed by atoms with van der Waals surface area (Å²) in [5, 5.41) is 0. The number of aliphatic imine (C=N–C) groups is 1. The van der Waals surface area contributed by atoms with E-state index in [9.17, 15) is 0 Å². The van der Waals surface area contributed by atoms with Crippen LogP contribution in [0.2, 0.25) is 0 Å². The fourth-order valence-electron chi connectivity index (χ4n) is 2.82. The topological polar surface area (TPSA) is 41.6 Å². The first-order valence-corrected chi connectivity index (χ1v) is 6.17. The molecule has 1 unspecified atom stereocenters. The minimum Gasteiger partial charge on any atom is -0.370 e. The maximum atomic E-state index is 6.02. The molecule has 2 N–H and O–H groups in total. The lowest BCUT2D eigenvalue weighted by atomic mass is 9.88. The molecule has 1 aliphatic carbocycles. The summed E-state index contributed by atoms with van der Waals surface area (Å²) in [5.74, 6) is 2.27. The van der Waals surface area contributed by atoms with Crippen molar-refractivity contribution in [2.24, 2.45) is 22.6 Å². The van der Waals surface area contributed by atoms with Crippen molar-refractivity contribution < 1.29 is 0 Å². The molecule has 3 nitrogen and oxygen atoms in total. The van der Waals surface area contributed by atoms with Gasteiger partial charge in [-0.2, -0.15) is 0 Å². The second-order valence-electron chi connectivity index (χ2n) is 5.41. The quantitative estimate of drug-likeness (QED) is 0.767. The van der Waals surface area contributed by atoms with Gasteiger partial charge in [-0.25, -0.2) is 0 Å².